The highest BCUT2D eigenvalue weighted by Crippen LogP contribution is 2.39. The van der Waals surface area contributed by atoms with Crippen LogP contribution in [0.1, 0.15) is 10.4 Å². The van der Waals surface area contributed by atoms with E-state index in [1.807, 2.05) is 0 Å². The molecule has 0 saturated heterocycles. The van der Waals surface area contributed by atoms with E-state index in [9.17, 15) is 14.3 Å². The summed E-state index contributed by atoms with van der Waals surface area (Å²) in [7, 11) is -3.52. The molecule has 2 aromatic rings. The molecule has 0 spiro atoms. The van der Waals surface area contributed by atoms with Gasteiger partial charge in [0.05, 0.1) is 0 Å². The molecule has 98 valence electrons. The zero-order valence-electron chi connectivity index (χ0n) is 10.1. The normalized spacial score (nSPS) is 13.5. The molecular weight excluding hydrogens is 263 g/mol. The van der Waals surface area contributed by atoms with Crippen LogP contribution in [0.2, 0.25) is 0 Å². The molecule has 0 bridgehead atoms. The van der Waals surface area contributed by atoms with E-state index in [0.717, 1.165) is 6.29 Å². The molecule has 0 aliphatic heterocycles. The Kier molecular flexibility index (Phi) is 4.15. The van der Waals surface area contributed by atoms with E-state index in [4.69, 9.17) is 4.74 Å². The third-order valence-corrected chi connectivity index (χ3v) is 4.17. The first-order chi connectivity index (χ1) is 9.12. The highest BCUT2D eigenvalue weighted by atomic mass is 31.2. The van der Waals surface area contributed by atoms with E-state index in [2.05, 4.69) is 0 Å². The van der Waals surface area contributed by atoms with Gasteiger partial charge in [0.1, 0.15) is 12.0 Å². The van der Waals surface area contributed by atoms with Crippen molar-refractivity contribution >= 4 is 19.0 Å². The Hall–Kier alpha value is -1.90. The lowest BCUT2D eigenvalue weighted by Gasteiger charge is -2.13. The molecule has 0 saturated carbocycles. The molecule has 2 rings (SSSR count). The highest BCUT2D eigenvalue weighted by molar-refractivity contribution is 7.65. The molecule has 0 aromatic heterocycles. The molecule has 0 amide bonds. The molecule has 1 unspecified atom stereocenters. The smallest absolute Gasteiger partial charge is 0.265 e. The van der Waals surface area contributed by atoms with Gasteiger partial charge in [-0.25, -0.2) is 0 Å². The van der Waals surface area contributed by atoms with Gasteiger partial charge in [-0.2, -0.15) is 0 Å². The van der Waals surface area contributed by atoms with Crippen molar-refractivity contribution in [3.8, 4) is 5.75 Å². The van der Waals surface area contributed by atoms with Crippen LogP contribution < -0.4 is 10.0 Å². The van der Waals surface area contributed by atoms with Crippen molar-refractivity contribution in [2.75, 3.05) is 6.35 Å². The van der Waals surface area contributed by atoms with Gasteiger partial charge in [-0.15, -0.1) is 0 Å². The van der Waals surface area contributed by atoms with Gasteiger partial charge >= 0.3 is 0 Å². The number of hydrogen-bond acceptors (Lipinski definition) is 3. The Balaban J connectivity index is 2.05. The van der Waals surface area contributed by atoms with E-state index >= 15 is 0 Å². The lowest BCUT2D eigenvalue weighted by molar-refractivity contribution is 0.112. The van der Waals surface area contributed by atoms with Crippen molar-refractivity contribution in [1.82, 2.24) is 0 Å². The van der Waals surface area contributed by atoms with Crippen LogP contribution in [0.25, 0.3) is 0 Å². The standard InChI is InChI=1S/C14H13O4P/c15-10-12-6-8-13(9-7-12)18-11-19(16,17)14-4-2-1-3-5-14/h1-10H,11H2,(H,16,17). The third kappa shape index (κ3) is 3.53. The molecule has 0 aliphatic carbocycles. The molecule has 0 fully saturated rings. The quantitative estimate of drug-likeness (QED) is 0.673. The molecule has 2 aromatic carbocycles. The molecule has 1 N–H and O–H groups in total. The molecule has 0 radical (unpaired) electrons. The summed E-state index contributed by atoms with van der Waals surface area (Å²) in [6.07, 6.45) is 0.433. The Morgan fingerprint density at radius 3 is 2.26 bits per heavy atom. The zero-order chi connectivity index (χ0) is 13.7. The average molecular weight is 276 g/mol. The maximum atomic E-state index is 12.1. The van der Waals surface area contributed by atoms with Gasteiger partial charge in [-0.05, 0) is 36.4 Å². The van der Waals surface area contributed by atoms with E-state index in [1.54, 1.807) is 54.6 Å². The van der Waals surface area contributed by atoms with E-state index in [1.165, 1.54) is 0 Å². The predicted molar refractivity (Wildman–Crippen MR) is 73.2 cm³/mol. The maximum absolute atomic E-state index is 12.1. The van der Waals surface area contributed by atoms with Gasteiger partial charge < -0.3 is 9.63 Å². The monoisotopic (exact) mass is 276 g/mol. The summed E-state index contributed by atoms with van der Waals surface area (Å²) in [6, 6.07) is 14.7. The number of hydrogen-bond donors (Lipinski definition) is 1. The fourth-order valence-electron chi connectivity index (χ4n) is 1.54. The number of aldehydes is 1. The fourth-order valence-corrected chi connectivity index (χ4v) is 2.65. The molecule has 0 heterocycles. The fraction of sp³-hybridized carbons (Fsp3) is 0.0714. The van der Waals surface area contributed by atoms with E-state index < -0.39 is 7.37 Å². The summed E-state index contributed by atoms with van der Waals surface area (Å²) in [4.78, 5) is 20.4. The van der Waals surface area contributed by atoms with Crippen molar-refractivity contribution in [3.63, 3.8) is 0 Å². The number of ether oxygens (including phenoxy) is 1. The third-order valence-electron chi connectivity index (χ3n) is 2.58. The molecule has 5 heteroatoms. The topological polar surface area (TPSA) is 63.6 Å². The van der Waals surface area contributed by atoms with Gasteiger partial charge in [0.15, 0.2) is 6.35 Å². The minimum atomic E-state index is -3.52. The summed E-state index contributed by atoms with van der Waals surface area (Å²) >= 11 is 0. The second kappa shape index (κ2) is 5.83. The van der Waals surface area contributed by atoms with Crippen LogP contribution in [0.5, 0.6) is 5.75 Å². The number of carbonyl (C=O) groups excluding carboxylic acids is 1. The van der Waals surface area contributed by atoms with Crippen LogP contribution in [0.15, 0.2) is 54.6 Å². The maximum Gasteiger partial charge on any atom is 0.265 e. The molecule has 19 heavy (non-hydrogen) atoms. The number of benzene rings is 2. The highest BCUT2D eigenvalue weighted by Gasteiger charge is 2.21. The van der Waals surface area contributed by atoms with Crippen molar-refractivity contribution < 1.29 is 19.0 Å². The van der Waals surface area contributed by atoms with Crippen molar-refractivity contribution in [2.24, 2.45) is 0 Å². The Labute approximate surface area is 111 Å². The van der Waals surface area contributed by atoms with Gasteiger partial charge in [0.25, 0.3) is 7.37 Å². The summed E-state index contributed by atoms with van der Waals surface area (Å²) in [5.74, 6) is 0.454. The summed E-state index contributed by atoms with van der Waals surface area (Å²) in [5.41, 5.74) is 0.530. The second-order valence-electron chi connectivity index (χ2n) is 4.00. The summed E-state index contributed by atoms with van der Waals surface area (Å²) in [5, 5.41) is 0.361. The van der Waals surface area contributed by atoms with Crippen LogP contribution in [-0.4, -0.2) is 17.5 Å². The van der Waals surface area contributed by atoms with Crippen molar-refractivity contribution in [1.29, 1.82) is 0 Å². The van der Waals surface area contributed by atoms with Gasteiger partial charge in [0.2, 0.25) is 0 Å². The molecule has 1 atom stereocenters. The Morgan fingerprint density at radius 1 is 1.05 bits per heavy atom. The number of rotatable bonds is 5. The van der Waals surface area contributed by atoms with Crippen LogP contribution in [0, 0.1) is 0 Å². The minimum absolute atomic E-state index is 0.294. The van der Waals surface area contributed by atoms with Crippen LogP contribution in [0.3, 0.4) is 0 Å². The summed E-state index contributed by atoms with van der Waals surface area (Å²) < 4.78 is 17.4. The molecule has 4 nitrogen and oxygen atoms in total. The Bertz CT molecular complexity index is 593. The van der Waals surface area contributed by atoms with Gasteiger partial charge in [-0.3, -0.25) is 9.36 Å². The largest absolute Gasteiger partial charge is 0.483 e. The van der Waals surface area contributed by atoms with Crippen LogP contribution in [0.4, 0.5) is 0 Å². The number of carbonyl (C=O) groups is 1. The van der Waals surface area contributed by atoms with Crippen molar-refractivity contribution in [3.05, 3.63) is 60.2 Å². The second-order valence-corrected chi connectivity index (χ2v) is 6.18. The first-order valence-electron chi connectivity index (χ1n) is 5.67. The van der Waals surface area contributed by atoms with E-state index in [0.29, 0.717) is 16.6 Å². The van der Waals surface area contributed by atoms with Crippen LogP contribution in [-0.2, 0) is 4.57 Å². The minimum Gasteiger partial charge on any atom is -0.483 e. The Morgan fingerprint density at radius 2 is 1.68 bits per heavy atom. The first-order valence-corrected chi connectivity index (χ1v) is 7.52. The van der Waals surface area contributed by atoms with Crippen molar-refractivity contribution in [2.45, 2.75) is 0 Å². The lowest BCUT2D eigenvalue weighted by atomic mass is 10.2. The average Bonchev–Trinajstić information content (AvgIpc) is 2.47. The van der Waals surface area contributed by atoms with Crippen LogP contribution >= 0.6 is 7.37 Å². The predicted octanol–water partition coefficient (Wildman–Crippen LogP) is 2.43. The lowest BCUT2D eigenvalue weighted by Crippen LogP contribution is -2.10. The SMILES string of the molecule is O=Cc1ccc(OCP(=O)(O)c2ccccc2)cc1. The molecule has 0 aliphatic rings. The first kappa shape index (κ1) is 13.5. The van der Waals surface area contributed by atoms with Gasteiger partial charge in [-0.1, -0.05) is 18.2 Å². The van der Waals surface area contributed by atoms with Gasteiger partial charge in [0, 0.05) is 10.9 Å². The van der Waals surface area contributed by atoms with E-state index in [-0.39, 0.29) is 6.35 Å². The molecular formula is C14H13O4P. The zero-order valence-corrected chi connectivity index (χ0v) is 11.0. The summed E-state index contributed by atoms with van der Waals surface area (Å²) in [6.45, 7) is 0.